The van der Waals surface area contributed by atoms with Gasteiger partial charge in [-0.1, -0.05) is 18.2 Å². The zero-order valence-electron chi connectivity index (χ0n) is 21.2. The van der Waals surface area contributed by atoms with Crippen molar-refractivity contribution < 1.29 is 13.7 Å². The lowest BCUT2D eigenvalue weighted by molar-refractivity contribution is -0.122. The van der Waals surface area contributed by atoms with Gasteiger partial charge in [0, 0.05) is 42.2 Å². The maximum absolute atomic E-state index is 14.2. The highest BCUT2D eigenvalue weighted by Gasteiger charge is 2.53. The van der Waals surface area contributed by atoms with Gasteiger partial charge in [0.1, 0.15) is 5.82 Å². The first-order valence-corrected chi connectivity index (χ1v) is 14.3. The van der Waals surface area contributed by atoms with Crippen molar-refractivity contribution in [1.29, 1.82) is 0 Å². The minimum Gasteiger partial charge on any atom is -0.377 e. The summed E-state index contributed by atoms with van der Waals surface area (Å²) in [5, 5.41) is 3.66. The number of amides is 1. The second-order valence-corrected chi connectivity index (χ2v) is 13.4. The van der Waals surface area contributed by atoms with Crippen LogP contribution < -0.4 is 10.6 Å². The van der Waals surface area contributed by atoms with Gasteiger partial charge >= 0.3 is 0 Å². The molecule has 2 aliphatic rings. The lowest BCUT2D eigenvalue weighted by Crippen LogP contribution is -2.44. The molecule has 2 aromatic heterocycles. The Morgan fingerprint density at radius 3 is 2.75 bits per heavy atom. The van der Waals surface area contributed by atoms with Gasteiger partial charge in [0.05, 0.1) is 35.1 Å². The van der Waals surface area contributed by atoms with E-state index >= 15 is 0 Å². The molecular formula is C27H33N5O3S. The van der Waals surface area contributed by atoms with E-state index in [0.29, 0.717) is 25.6 Å². The van der Waals surface area contributed by atoms with Crippen molar-refractivity contribution in [3.63, 3.8) is 0 Å². The number of hydrogen-bond donors (Lipinski definition) is 1. The summed E-state index contributed by atoms with van der Waals surface area (Å²) in [5.74, 6) is 0.893. The summed E-state index contributed by atoms with van der Waals surface area (Å²) in [4.78, 5) is 28.6. The fraction of sp³-hybridized carbons (Fsp3) is 0.444. The highest BCUT2D eigenvalue weighted by molar-refractivity contribution is 8.01. The third-order valence-electron chi connectivity index (χ3n) is 7.40. The molecule has 1 aromatic carbocycles. The molecule has 0 radical (unpaired) electrons. The number of ether oxygens (including phenoxy) is 1. The Labute approximate surface area is 212 Å². The van der Waals surface area contributed by atoms with Crippen LogP contribution in [0, 0.1) is 5.41 Å². The monoisotopic (exact) mass is 507 g/mol. The number of morpholine rings is 1. The molecule has 36 heavy (non-hydrogen) atoms. The molecule has 1 aliphatic heterocycles. The van der Waals surface area contributed by atoms with Crippen LogP contribution in [-0.2, 0) is 23.8 Å². The maximum atomic E-state index is 14.2. The fourth-order valence-electron chi connectivity index (χ4n) is 5.04. The van der Waals surface area contributed by atoms with E-state index in [1.165, 1.54) is 0 Å². The topological polar surface area (TPSA) is 111 Å². The highest BCUT2D eigenvalue weighted by Crippen LogP contribution is 2.53. The normalized spacial score (nSPS) is 21.1. The van der Waals surface area contributed by atoms with E-state index in [1.807, 2.05) is 36.5 Å². The van der Waals surface area contributed by atoms with E-state index in [2.05, 4.69) is 16.8 Å². The number of carbonyl (C=O) groups is 1. The predicted molar refractivity (Wildman–Crippen MR) is 144 cm³/mol. The van der Waals surface area contributed by atoms with E-state index in [9.17, 15) is 9.00 Å². The molecule has 3 aromatic rings. The zero-order chi connectivity index (χ0) is 25.7. The molecule has 2 N–H and O–H groups in total. The van der Waals surface area contributed by atoms with E-state index in [4.69, 9.17) is 20.4 Å². The minimum atomic E-state index is -2.63. The molecular weight excluding hydrogens is 474 g/mol. The number of nitrogens with two attached hydrogens (primary N) is 1. The molecule has 2 fully saturated rings. The second kappa shape index (κ2) is 8.81. The molecule has 3 heterocycles. The first-order chi connectivity index (χ1) is 17.0. The first kappa shape index (κ1) is 24.6. The third-order valence-corrected chi connectivity index (χ3v) is 10.6. The van der Waals surface area contributed by atoms with Gasteiger partial charge < -0.3 is 15.4 Å². The van der Waals surface area contributed by atoms with Crippen LogP contribution in [0.3, 0.4) is 0 Å². The SMILES string of the molecule is C[C@@H]1COCCN1c1cc(C2([S@](C)(=O)=CC(C)(C)C(N)=O)CC2)nc(-c2cccc3cnccc23)n1. The highest BCUT2D eigenvalue weighted by atomic mass is 32.2. The number of aromatic nitrogens is 3. The lowest BCUT2D eigenvalue weighted by atomic mass is 9.96. The Balaban J connectivity index is 1.72. The van der Waals surface area contributed by atoms with Crippen molar-refractivity contribution in [2.75, 3.05) is 30.9 Å². The quantitative estimate of drug-likeness (QED) is 0.510. The van der Waals surface area contributed by atoms with Crippen LogP contribution in [0.25, 0.3) is 22.2 Å². The van der Waals surface area contributed by atoms with Gasteiger partial charge in [0.2, 0.25) is 5.91 Å². The zero-order valence-corrected chi connectivity index (χ0v) is 22.0. The molecule has 5 rings (SSSR count). The molecule has 1 aliphatic carbocycles. The molecule has 8 nitrogen and oxygen atoms in total. The molecule has 1 saturated carbocycles. The Morgan fingerprint density at radius 2 is 2.06 bits per heavy atom. The number of primary amides is 1. The van der Waals surface area contributed by atoms with E-state index in [0.717, 1.165) is 40.7 Å². The summed E-state index contributed by atoms with van der Waals surface area (Å²) in [6, 6.07) is 10.1. The fourth-order valence-corrected chi connectivity index (χ4v) is 7.93. The lowest BCUT2D eigenvalue weighted by Gasteiger charge is -2.35. The molecule has 0 unspecified atom stereocenters. The van der Waals surface area contributed by atoms with Crippen LogP contribution in [0.4, 0.5) is 5.82 Å². The van der Waals surface area contributed by atoms with Gasteiger partial charge in [-0.05, 0) is 60.0 Å². The number of rotatable bonds is 6. The number of anilines is 1. The van der Waals surface area contributed by atoms with Gasteiger partial charge in [0.15, 0.2) is 5.82 Å². The minimum absolute atomic E-state index is 0.146. The Kier molecular flexibility index (Phi) is 6.03. The van der Waals surface area contributed by atoms with Crippen LogP contribution in [0.2, 0.25) is 0 Å². The maximum Gasteiger partial charge on any atom is 0.227 e. The van der Waals surface area contributed by atoms with Crippen molar-refractivity contribution in [3.05, 3.63) is 48.4 Å². The number of carbonyl (C=O) groups excluding carboxylic acids is 1. The molecule has 9 heteroatoms. The Bertz CT molecular complexity index is 1450. The molecule has 0 spiro atoms. The van der Waals surface area contributed by atoms with Crippen LogP contribution >= 0.6 is 0 Å². The van der Waals surface area contributed by atoms with E-state index in [1.54, 1.807) is 31.7 Å². The molecule has 1 saturated heterocycles. The van der Waals surface area contributed by atoms with Crippen molar-refractivity contribution in [2.45, 2.75) is 44.4 Å². The van der Waals surface area contributed by atoms with Crippen LogP contribution in [0.15, 0.2) is 42.7 Å². The largest absolute Gasteiger partial charge is 0.377 e. The summed E-state index contributed by atoms with van der Waals surface area (Å²) in [6.07, 6.45) is 6.77. The number of pyridine rings is 1. The Hall–Kier alpha value is -3.04. The van der Waals surface area contributed by atoms with E-state index < -0.39 is 25.6 Å². The molecule has 2 atom stereocenters. The van der Waals surface area contributed by atoms with Crippen molar-refractivity contribution in [1.82, 2.24) is 15.0 Å². The average Bonchev–Trinajstić information content (AvgIpc) is 3.66. The van der Waals surface area contributed by atoms with Crippen LogP contribution in [-0.4, -0.2) is 62.5 Å². The van der Waals surface area contributed by atoms with Gasteiger partial charge in [0.25, 0.3) is 0 Å². The summed E-state index contributed by atoms with van der Waals surface area (Å²) < 4.78 is 19.2. The van der Waals surface area contributed by atoms with Crippen molar-refractivity contribution in [2.24, 2.45) is 11.1 Å². The molecule has 190 valence electrons. The first-order valence-electron chi connectivity index (χ1n) is 12.3. The number of fused-ring (bicyclic) bond motifs is 1. The standard InChI is InChI=1S/C27H33N5O3S/c1-18-16-35-13-12-32(18)23-14-22(27(9-10-27)36(4,34)17-26(2,3)25(28)33)30-24(31-23)21-7-5-6-19-15-29-11-8-20(19)21/h5-8,11,14-15,17-18H,9-10,12-13,16H2,1-4H3,(H2,28,33)/t18-,36-/m1/s1. The number of benzene rings is 1. The summed E-state index contributed by atoms with van der Waals surface area (Å²) in [5.41, 5.74) is 6.27. The van der Waals surface area contributed by atoms with Crippen LogP contribution in [0.5, 0.6) is 0 Å². The Morgan fingerprint density at radius 1 is 1.28 bits per heavy atom. The smallest absolute Gasteiger partial charge is 0.227 e. The number of hydrogen-bond acceptors (Lipinski definition) is 7. The number of nitrogens with zero attached hydrogens (tertiary/aromatic N) is 4. The van der Waals surface area contributed by atoms with Gasteiger partial charge in [-0.3, -0.25) is 14.0 Å². The summed E-state index contributed by atoms with van der Waals surface area (Å²) in [6.45, 7) is 7.49. The molecule has 1 amide bonds. The molecule has 0 bridgehead atoms. The predicted octanol–water partition coefficient (Wildman–Crippen LogP) is 3.13. The van der Waals surface area contributed by atoms with Gasteiger partial charge in [-0.15, -0.1) is 0 Å². The van der Waals surface area contributed by atoms with Crippen molar-refractivity contribution >= 4 is 37.4 Å². The van der Waals surface area contributed by atoms with Gasteiger partial charge in [-0.2, -0.15) is 0 Å². The average molecular weight is 508 g/mol. The van der Waals surface area contributed by atoms with Crippen molar-refractivity contribution in [3.8, 4) is 11.4 Å². The van der Waals surface area contributed by atoms with Gasteiger partial charge in [-0.25, -0.2) is 9.97 Å². The third kappa shape index (κ3) is 4.24. The summed E-state index contributed by atoms with van der Waals surface area (Å²) >= 11 is 0. The van der Waals surface area contributed by atoms with Crippen LogP contribution in [0.1, 0.15) is 39.3 Å². The van der Waals surface area contributed by atoms with E-state index in [-0.39, 0.29) is 6.04 Å². The summed E-state index contributed by atoms with van der Waals surface area (Å²) in [7, 11) is -2.63. The second-order valence-electron chi connectivity index (χ2n) is 10.6.